The van der Waals surface area contributed by atoms with E-state index < -0.39 is 33.2 Å². The maximum atomic E-state index is 13.4. The van der Waals surface area contributed by atoms with Crippen LogP contribution in [0.25, 0.3) is 0 Å². The fourth-order valence-corrected chi connectivity index (χ4v) is 8.50. The zero-order valence-corrected chi connectivity index (χ0v) is 23.2. The van der Waals surface area contributed by atoms with E-state index >= 15 is 0 Å². The minimum atomic E-state index is -3.86. The van der Waals surface area contributed by atoms with E-state index in [4.69, 9.17) is 44.3 Å². The van der Waals surface area contributed by atoms with Crippen LogP contribution in [0, 0.1) is 5.41 Å². The van der Waals surface area contributed by atoms with Gasteiger partial charge in [-0.2, -0.15) is 0 Å². The van der Waals surface area contributed by atoms with Gasteiger partial charge in [0.05, 0.1) is 24.4 Å². The average molecular weight is 599 g/mol. The van der Waals surface area contributed by atoms with E-state index in [1.54, 1.807) is 17.6 Å². The van der Waals surface area contributed by atoms with Crippen molar-refractivity contribution >= 4 is 56.8 Å². The Labute approximate surface area is 231 Å². The van der Waals surface area contributed by atoms with Gasteiger partial charge in [0.1, 0.15) is 6.10 Å². The van der Waals surface area contributed by atoms with Crippen LogP contribution >= 0.6 is 34.8 Å². The molecule has 3 fully saturated rings. The molecule has 2 N–H and O–H groups in total. The smallest absolute Gasteiger partial charge is 0.410 e. The first-order valence-electron chi connectivity index (χ1n) is 12.1. The third-order valence-electron chi connectivity index (χ3n) is 7.48. The minimum Gasteiger partial charge on any atom is -0.444 e. The maximum Gasteiger partial charge on any atom is 0.410 e. The van der Waals surface area contributed by atoms with Gasteiger partial charge in [0.15, 0.2) is 0 Å². The second-order valence-corrected chi connectivity index (χ2v) is 13.0. The molecule has 0 aromatic heterocycles. The molecule has 0 aliphatic carbocycles. The number of piperidine rings is 2. The number of ether oxygens (including phenoxy) is 2. The van der Waals surface area contributed by atoms with Gasteiger partial charge in [-0.05, 0) is 49.3 Å². The topological polar surface area (TPSA) is 125 Å². The Bertz CT molecular complexity index is 1090. The van der Waals surface area contributed by atoms with Crippen molar-refractivity contribution in [3.05, 3.63) is 32.8 Å². The predicted molar refractivity (Wildman–Crippen MR) is 138 cm³/mol. The van der Waals surface area contributed by atoms with Crippen molar-refractivity contribution in [3.8, 4) is 0 Å². The molecule has 2 amide bonds. The number of benzene rings is 1. The van der Waals surface area contributed by atoms with Crippen LogP contribution in [-0.4, -0.2) is 86.1 Å². The van der Waals surface area contributed by atoms with Crippen molar-refractivity contribution in [3.63, 3.8) is 0 Å². The number of sulfonamides is 1. The number of rotatable bonds is 6. The number of likely N-dealkylation sites (tertiary alicyclic amines) is 1. The van der Waals surface area contributed by atoms with E-state index in [9.17, 15) is 23.2 Å². The molecule has 1 aromatic carbocycles. The zero-order valence-electron chi connectivity index (χ0n) is 20.1. The molecule has 3 saturated heterocycles. The van der Waals surface area contributed by atoms with E-state index in [2.05, 4.69) is 0 Å². The molecular formula is C23H30Cl3N3O7S. The summed E-state index contributed by atoms with van der Waals surface area (Å²) in [7, 11) is -3.86. The van der Waals surface area contributed by atoms with Crippen LogP contribution in [0.5, 0.6) is 0 Å². The van der Waals surface area contributed by atoms with Crippen molar-refractivity contribution in [2.24, 2.45) is 5.41 Å². The monoisotopic (exact) mass is 597 g/mol. The number of nitrogens with one attached hydrogen (secondary N) is 1. The van der Waals surface area contributed by atoms with Crippen LogP contribution in [0.1, 0.15) is 43.6 Å². The summed E-state index contributed by atoms with van der Waals surface area (Å²) >= 11 is 18.7. The van der Waals surface area contributed by atoms with E-state index in [1.807, 2.05) is 0 Å². The van der Waals surface area contributed by atoms with Crippen LogP contribution in [0.2, 0.25) is 15.1 Å². The summed E-state index contributed by atoms with van der Waals surface area (Å²) in [6.45, 7) is 1.62. The number of carbonyl (C=O) groups is 2. The molecular weight excluding hydrogens is 569 g/mol. The van der Waals surface area contributed by atoms with Crippen molar-refractivity contribution in [2.45, 2.75) is 44.1 Å². The Balaban J connectivity index is 1.39. The molecule has 3 aliphatic rings. The number of hydrogen-bond donors (Lipinski definition) is 2. The highest BCUT2D eigenvalue weighted by molar-refractivity contribution is 7.89. The second kappa shape index (κ2) is 11.8. The highest BCUT2D eigenvalue weighted by atomic mass is 35.5. The number of amides is 2. The Morgan fingerprint density at radius 2 is 1.70 bits per heavy atom. The van der Waals surface area contributed by atoms with E-state index in [0.29, 0.717) is 47.5 Å². The molecule has 0 radical (unpaired) electrons. The summed E-state index contributed by atoms with van der Waals surface area (Å²) in [5, 5.41) is 10.7. The van der Waals surface area contributed by atoms with Gasteiger partial charge in [-0.1, -0.05) is 34.8 Å². The molecule has 1 aromatic rings. The normalized spacial score (nSPS) is 23.1. The Morgan fingerprint density at radius 3 is 2.24 bits per heavy atom. The van der Waals surface area contributed by atoms with E-state index in [1.165, 1.54) is 9.21 Å². The van der Waals surface area contributed by atoms with Crippen LogP contribution in [0.15, 0.2) is 12.1 Å². The maximum absolute atomic E-state index is 13.4. The van der Waals surface area contributed by atoms with Gasteiger partial charge in [0.25, 0.3) is 5.91 Å². The minimum absolute atomic E-state index is 0.0297. The molecule has 0 saturated carbocycles. The van der Waals surface area contributed by atoms with Gasteiger partial charge in [0, 0.05) is 47.7 Å². The van der Waals surface area contributed by atoms with E-state index in [0.717, 1.165) is 5.56 Å². The zero-order chi connectivity index (χ0) is 26.8. The fraction of sp³-hybridized carbons (Fsp3) is 0.652. The molecule has 4 rings (SSSR count). The lowest BCUT2D eigenvalue weighted by atomic mass is 9.79. The number of carbonyl (C=O) groups excluding carboxylic acids is 2. The first-order valence-corrected chi connectivity index (χ1v) is 14.9. The molecule has 0 spiro atoms. The highest BCUT2D eigenvalue weighted by Gasteiger charge is 2.47. The van der Waals surface area contributed by atoms with Crippen molar-refractivity contribution in [1.29, 1.82) is 0 Å². The van der Waals surface area contributed by atoms with Gasteiger partial charge >= 0.3 is 6.09 Å². The first kappa shape index (κ1) is 28.7. The fourth-order valence-electron chi connectivity index (χ4n) is 5.30. The Hall–Kier alpha value is -1.34. The van der Waals surface area contributed by atoms with Crippen LogP contribution < -0.4 is 5.48 Å². The molecule has 206 valence electrons. The standard InChI is InChI=1S/C23H30Cl3N3O7S/c24-16-11-18(25)20(19(26)12-16)15-1-6-29(7-2-15)37(33,34)14-23(21(30)27-32)4-8-28(9-5-23)22(31)36-17-3-10-35-13-17/h11-12,15,17,32H,1-10,13-14H2,(H,27,30)/t17-/m0/s1. The highest BCUT2D eigenvalue weighted by Crippen LogP contribution is 2.41. The largest absolute Gasteiger partial charge is 0.444 e. The first-order chi connectivity index (χ1) is 17.5. The third kappa shape index (κ3) is 6.46. The summed E-state index contributed by atoms with van der Waals surface area (Å²) < 4.78 is 38.9. The van der Waals surface area contributed by atoms with Crippen LogP contribution in [-0.2, 0) is 24.3 Å². The molecule has 14 heteroatoms. The second-order valence-electron chi connectivity index (χ2n) is 9.79. The number of nitrogens with zero attached hydrogens (tertiary/aromatic N) is 2. The molecule has 37 heavy (non-hydrogen) atoms. The molecule has 10 nitrogen and oxygen atoms in total. The summed E-state index contributed by atoms with van der Waals surface area (Å²) in [5.74, 6) is -1.28. The average Bonchev–Trinajstić information content (AvgIpc) is 3.36. The molecule has 1 atom stereocenters. The summed E-state index contributed by atoms with van der Waals surface area (Å²) in [4.78, 5) is 26.7. The van der Waals surface area contributed by atoms with Gasteiger partial charge in [-0.15, -0.1) is 0 Å². The quantitative estimate of drug-likeness (QED) is 0.378. The van der Waals surface area contributed by atoms with Gasteiger partial charge in [-0.3, -0.25) is 10.0 Å². The summed E-state index contributed by atoms with van der Waals surface area (Å²) in [6, 6.07) is 3.24. The van der Waals surface area contributed by atoms with Crippen LogP contribution in [0.3, 0.4) is 0 Å². The Morgan fingerprint density at radius 1 is 1.08 bits per heavy atom. The summed E-state index contributed by atoms with van der Waals surface area (Å²) in [6.07, 6.45) is 0.956. The SMILES string of the molecule is O=C(O[C@H]1CCOC1)N1CCC(CS(=O)(=O)N2CCC(c3c(Cl)cc(Cl)cc3Cl)CC2)(C(=O)NO)CC1. The van der Waals surface area contributed by atoms with E-state index in [-0.39, 0.29) is 51.0 Å². The third-order valence-corrected chi connectivity index (χ3v) is 10.4. The lowest BCUT2D eigenvalue weighted by Crippen LogP contribution is -2.55. The number of halogens is 3. The van der Waals surface area contributed by atoms with Crippen molar-refractivity contribution < 1.29 is 32.7 Å². The van der Waals surface area contributed by atoms with Gasteiger partial charge in [0.2, 0.25) is 10.0 Å². The number of hydroxylamine groups is 1. The predicted octanol–water partition coefficient (Wildman–Crippen LogP) is 3.67. The summed E-state index contributed by atoms with van der Waals surface area (Å²) in [5.41, 5.74) is 1.02. The molecule has 3 aliphatic heterocycles. The van der Waals surface area contributed by atoms with Gasteiger partial charge < -0.3 is 14.4 Å². The lowest BCUT2D eigenvalue weighted by molar-refractivity contribution is -0.141. The van der Waals surface area contributed by atoms with Crippen molar-refractivity contribution in [1.82, 2.24) is 14.7 Å². The Kier molecular flexibility index (Phi) is 9.15. The van der Waals surface area contributed by atoms with Crippen LogP contribution in [0.4, 0.5) is 4.79 Å². The number of hydrogen-bond acceptors (Lipinski definition) is 7. The molecule has 0 bridgehead atoms. The molecule has 3 heterocycles. The van der Waals surface area contributed by atoms with Gasteiger partial charge in [-0.25, -0.2) is 23.0 Å². The lowest BCUT2D eigenvalue weighted by Gasteiger charge is -2.41. The van der Waals surface area contributed by atoms with Crippen molar-refractivity contribution in [2.75, 3.05) is 45.1 Å². The molecule has 0 unspecified atom stereocenters.